The van der Waals surface area contributed by atoms with Crippen molar-refractivity contribution >= 4 is 29.4 Å². The molecule has 0 bridgehead atoms. The first-order valence-corrected chi connectivity index (χ1v) is 7.64. The van der Waals surface area contributed by atoms with Crippen molar-refractivity contribution in [3.63, 3.8) is 0 Å². The Morgan fingerprint density at radius 3 is 2.70 bits per heavy atom. The quantitative estimate of drug-likeness (QED) is 0.622. The van der Waals surface area contributed by atoms with Crippen molar-refractivity contribution in [3.05, 3.63) is 47.2 Å². The number of ketones is 1. The largest absolute Gasteiger partial charge is 0.292 e. The zero-order valence-electron chi connectivity index (χ0n) is 11.6. The number of carbonyl (C=O) groups is 1. The van der Waals surface area contributed by atoms with E-state index >= 15 is 0 Å². The van der Waals surface area contributed by atoms with Gasteiger partial charge in [0, 0.05) is 12.2 Å². The smallest absolute Gasteiger partial charge is 0.187 e. The SMILES string of the molecule is C=NC(=NC1=C(C)CCCC1=O)SCc1ccccc1. The third-order valence-corrected chi connectivity index (χ3v) is 4.13. The van der Waals surface area contributed by atoms with E-state index in [1.54, 1.807) is 0 Å². The fourth-order valence-electron chi connectivity index (χ4n) is 2.08. The molecule has 4 heteroatoms. The van der Waals surface area contributed by atoms with Gasteiger partial charge in [0.1, 0.15) is 5.70 Å². The standard InChI is InChI=1S/C16H18N2OS/c1-12-7-6-10-14(19)15(12)18-16(17-2)20-11-13-8-4-3-5-9-13/h3-5,8-9H,2,6-7,10-11H2,1H3. The van der Waals surface area contributed by atoms with Gasteiger partial charge in [-0.2, -0.15) is 0 Å². The zero-order valence-corrected chi connectivity index (χ0v) is 12.4. The van der Waals surface area contributed by atoms with Crippen molar-refractivity contribution < 1.29 is 4.79 Å². The van der Waals surface area contributed by atoms with Gasteiger partial charge >= 0.3 is 0 Å². The maximum Gasteiger partial charge on any atom is 0.187 e. The Labute approximate surface area is 123 Å². The Hall–Kier alpha value is -1.68. The number of Topliss-reactive ketones (excluding diaryl/α,β-unsaturated/α-hetero) is 1. The van der Waals surface area contributed by atoms with E-state index in [0.717, 1.165) is 24.2 Å². The highest BCUT2D eigenvalue weighted by Crippen LogP contribution is 2.24. The van der Waals surface area contributed by atoms with Gasteiger partial charge < -0.3 is 0 Å². The maximum absolute atomic E-state index is 11.9. The van der Waals surface area contributed by atoms with Crippen LogP contribution in [0.1, 0.15) is 31.7 Å². The Balaban J connectivity index is 2.10. The normalized spacial score (nSPS) is 16.4. The van der Waals surface area contributed by atoms with Crippen LogP contribution in [0.3, 0.4) is 0 Å². The molecule has 0 atom stereocenters. The molecular weight excluding hydrogens is 268 g/mol. The predicted molar refractivity (Wildman–Crippen MR) is 86.3 cm³/mol. The lowest BCUT2D eigenvalue weighted by Gasteiger charge is -2.13. The molecule has 20 heavy (non-hydrogen) atoms. The van der Waals surface area contributed by atoms with Crippen LogP contribution < -0.4 is 0 Å². The van der Waals surface area contributed by atoms with Crippen molar-refractivity contribution in [2.75, 3.05) is 0 Å². The summed E-state index contributed by atoms with van der Waals surface area (Å²) in [6.45, 7) is 5.52. The molecule has 1 aromatic rings. The van der Waals surface area contributed by atoms with Gasteiger partial charge in [0.15, 0.2) is 11.0 Å². The fraction of sp³-hybridized carbons (Fsp3) is 0.312. The van der Waals surface area contributed by atoms with Gasteiger partial charge in [-0.3, -0.25) is 4.79 Å². The van der Waals surface area contributed by atoms with Gasteiger partial charge in [-0.05, 0) is 37.6 Å². The molecule has 0 fully saturated rings. The molecule has 0 spiro atoms. The summed E-state index contributed by atoms with van der Waals surface area (Å²) in [4.78, 5) is 20.2. The Morgan fingerprint density at radius 1 is 1.30 bits per heavy atom. The van der Waals surface area contributed by atoms with E-state index < -0.39 is 0 Å². The highest BCUT2D eigenvalue weighted by atomic mass is 32.2. The number of carbonyl (C=O) groups excluding carboxylic acids is 1. The van der Waals surface area contributed by atoms with Crippen LogP contribution in [0.4, 0.5) is 0 Å². The van der Waals surface area contributed by atoms with Crippen LogP contribution in [0.25, 0.3) is 0 Å². The van der Waals surface area contributed by atoms with Crippen molar-refractivity contribution in [1.29, 1.82) is 0 Å². The average molecular weight is 286 g/mol. The zero-order chi connectivity index (χ0) is 14.4. The molecule has 1 aliphatic carbocycles. The molecular formula is C16H18N2OS. The summed E-state index contributed by atoms with van der Waals surface area (Å²) in [5.41, 5.74) is 2.84. The van der Waals surface area contributed by atoms with E-state index in [2.05, 4.69) is 28.8 Å². The number of rotatable bonds is 3. The second-order valence-electron chi connectivity index (χ2n) is 4.73. The Bertz CT molecular complexity index is 561. The molecule has 0 unspecified atom stereocenters. The number of thioether (sulfide) groups is 1. The van der Waals surface area contributed by atoms with Crippen LogP contribution in [-0.2, 0) is 10.5 Å². The van der Waals surface area contributed by atoms with Crippen LogP contribution >= 0.6 is 11.8 Å². The lowest BCUT2D eigenvalue weighted by atomic mass is 9.97. The molecule has 104 valence electrons. The summed E-state index contributed by atoms with van der Waals surface area (Å²) in [7, 11) is 0. The van der Waals surface area contributed by atoms with Gasteiger partial charge in [0.05, 0.1) is 0 Å². The molecule has 0 amide bonds. The molecule has 1 aliphatic rings. The summed E-state index contributed by atoms with van der Waals surface area (Å²) in [5, 5.41) is 0.568. The first kappa shape index (κ1) is 14.7. The predicted octanol–water partition coefficient (Wildman–Crippen LogP) is 4.00. The number of benzene rings is 1. The minimum absolute atomic E-state index is 0.121. The number of amidine groups is 1. The molecule has 0 aromatic heterocycles. The van der Waals surface area contributed by atoms with E-state index in [1.165, 1.54) is 17.3 Å². The summed E-state index contributed by atoms with van der Waals surface area (Å²) in [5.74, 6) is 0.898. The summed E-state index contributed by atoms with van der Waals surface area (Å²) >= 11 is 1.51. The van der Waals surface area contributed by atoms with Crippen molar-refractivity contribution in [3.8, 4) is 0 Å². The van der Waals surface area contributed by atoms with E-state index in [0.29, 0.717) is 17.3 Å². The number of aliphatic imine (C=N–C) groups is 2. The third-order valence-electron chi connectivity index (χ3n) is 3.18. The Kier molecular flexibility index (Phi) is 5.30. The van der Waals surface area contributed by atoms with E-state index in [-0.39, 0.29) is 5.78 Å². The average Bonchev–Trinajstić information content (AvgIpc) is 2.47. The van der Waals surface area contributed by atoms with Gasteiger partial charge in [0.25, 0.3) is 0 Å². The number of allylic oxidation sites excluding steroid dienone is 2. The molecule has 0 radical (unpaired) electrons. The lowest BCUT2D eigenvalue weighted by molar-refractivity contribution is -0.116. The van der Waals surface area contributed by atoms with Crippen LogP contribution in [0, 0.1) is 0 Å². The van der Waals surface area contributed by atoms with Crippen LogP contribution in [0.15, 0.2) is 51.6 Å². The molecule has 0 heterocycles. The van der Waals surface area contributed by atoms with Gasteiger partial charge in [0.2, 0.25) is 0 Å². The second-order valence-corrected chi connectivity index (χ2v) is 5.67. The first-order chi connectivity index (χ1) is 9.70. The fourth-order valence-corrected chi connectivity index (χ4v) is 2.81. The minimum atomic E-state index is 0.121. The first-order valence-electron chi connectivity index (χ1n) is 6.66. The highest BCUT2D eigenvalue weighted by Gasteiger charge is 2.18. The molecule has 0 aliphatic heterocycles. The van der Waals surface area contributed by atoms with Gasteiger partial charge in [-0.1, -0.05) is 42.1 Å². The monoisotopic (exact) mass is 286 g/mol. The number of nitrogens with zero attached hydrogens (tertiary/aromatic N) is 2. The van der Waals surface area contributed by atoms with Gasteiger partial charge in [-0.25, -0.2) is 9.98 Å². The second kappa shape index (κ2) is 7.20. The number of hydrogen-bond donors (Lipinski definition) is 0. The van der Waals surface area contributed by atoms with Crippen LogP contribution in [-0.4, -0.2) is 17.7 Å². The lowest BCUT2D eigenvalue weighted by Crippen LogP contribution is -2.10. The number of hydrogen-bond acceptors (Lipinski definition) is 3. The Morgan fingerprint density at radius 2 is 2.05 bits per heavy atom. The molecule has 1 aromatic carbocycles. The van der Waals surface area contributed by atoms with E-state index in [4.69, 9.17) is 0 Å². The van der Waals surface area contributed by atoms with Crippen molar-refractivity contribution in [1.82, 2.24) is 0 Å². The molecule has 0 saturated heterocycles. The highest BCUT2D eigenvalue weighted by molar-refractivity contribution is 8.13. The molecule has 0 N–H and O–H groups in total. The van der Waals surface area contributed by atoms with Gasteiger partial charge in [-0.15, -0.1) is 0 Å². The van der Waals surface area contributed by atoms with E-state index in [1.807, 2.05) is 25.1 Å². The minimum Gasteiger partial charge on any atom is -0.292 e. The third kappa shape index (κ3) is 3.90. The van der Waals surface area contributed by atoms with Crippen LogP contribution in [0.2, 0.25) is 0 Å². The van der Waals surface area contributed by atoms with E-state index in [9.17, 15) is 4.79 Å². The summed E-state index contributed by atoms with van der Waals surface area (Å²) in [6, 6.07) is 10.1. The maximum atomic E-state index is 11.9. The summed E-state index contributed by atoms with van der Waals surface area (Å²) in [6.07, 6.45) is 2.46. The topological polar surface area (TPSA) is 41.8 Å². The summed E-state index contributed by atoms with van der Waals surface area (Å²) < 4.78 is 0. The molecule has 2 rings (SSSR count). The molecule has 3 nitrogen and oxygen atoms in total. The van der Waals surface area contributed by atoms with Crippen molar-refractivity contribution in [2.24, 2.45) is 9.98 Å². The van der Waals surface area contributed by atoms with Crippen LogP contribution in [0.5, 0.6) is 0 Å². The van der Waals surface area contributed by atoms with Crippen molar-refractivity contribution in [2.45, 2.75) is 31.9 Å². The molecule has 0 saturated carbocycles.